The van der Waals surface area contributed by atoms with Gasteiger partial charge in [-0.15, -0.1) is 0 Å². The van der Waals surface area contributed by atoms with E-state index in [1.165, 1.54) is 0 Å². The van der Waals surface area contributed by atoms with E-state index in [2.05, 4.69) is 0 Å². The molecule has 0 aromatic heterocycles. The molecule has 0 atom stereocenters. The summed E-state index contributed by atoms with van der Waals surface area (Å²) in [6.07, 6.45) is 0. The molecule has 0 saturated carbocycles. The Hall–Kier alpha value is -0.910. The topological polar surface area (TPSA) is 72.2 Å². The normalized spacial score (nSPS) is 11.6. The molecule has 0 aliphatic carbocycles. The molecule has 4 nitrogen and oxygen atoms in total. The fraction of sp³-hybridized carbons (Fsp3) is 0.333. The molecule has 0 aliphatic rings. The van der Waals surface area contributed by atoms with E-state index in [4.69, 9.17) is 5.84 Å². The van der Waals surface area contributed by atoms with Crippen molar-refractivity contribution in [3.05, 3.63) is 34.9 Å². The smallest absolute Gasteiger partial charge is 0.228 e. The van der Waals surface area contributed by atoms with Crippen LogP contribution in [0, 0.1) is 13.8 Å². The highest BCUT2D eigenvalue weighted by molar-refractivity contribution is 7.88. The summed E-state index contributed by atoms with van der Waals surface area (Å²) in [6, 6.07) is 5.66. The van der Waals surface area contributed by atoms with E-state index in [0.29, 0.717) is 0 Å². The summed E-state index contributed by atoms with van der Waals surface area (Å²) < 4.78 is 22.3. The SMILES string of the molecule is Cc1cc(C)cc(CS(=O)(=O)NN)c1. The van der Waals surface area contributed by atoms with Gasteiger partial charge in [0.05, 0.1) is 5.75 Å². The summed E-state index contributed by atoms with van der Waals surface area (Å²) in [7, 11) is -3.38. The predicted octanol–water partition coefficient (Wildman–Crippen LogP) is 0.597. The minimum absolute atomic E-state index is 0.0774. The van der Waals surface area contributed by atoms with Gasteiger partial charge in [-0.25, -0.2) is 8.42 Å². The van der Waals surface area contributed by atoms with Crippen molar-refractivity contribution < 1.29 is 8.42 Å². The maximum Gasteiger partial charge on any atom is 0.228 e. The van der Waals surface area contributed by atoms with Gasteiger partial charge in [0.2, 0.25) is 10.0 Å². The standard InChI is InChI=1S/C9H14N2O2S/c1-7-3-8(2)5-9(4-7)6-14(12,13)11-10/h3-5,11H,6,10H2,1-2H3. The molecule has 0 unspecified atom stereocenters. The molecule has 14 heavy (non-hydrogen) atoms. The van der Waals surface area contributed by atoms with Crippen LogP contribution < -0.4 is 10.7 Å². The molecule has 1 aromatic rings. The lowest BCUT2D eigenvalue weighted by molar-refractivity contribution is 0.583. The van der Waals surface area contributed by atoms with Crippen LogP contribution >= 0.6 is 0 Å². The number of benzene rings is 1. The van der Waals surface area contributed by atoms with Crippen molar-refractivity contribution >= 4 is 10.0 Å². The van der Waals surface area contributed by atoms with Gasteiger partial charge < -0.3 is 0 Å². The van der Waals surface area contributed by atoms with Gasteiger partial charge in [-0.3, -0.25) is 5.84 Å². The number of hydrazine groups is 1. The number of sulfonamides is 1. The molecule has 1 aromatic carbocycles. The number of aryl methyl sites for hydroxylation is 2. The van der Waals surface area contributed by atoms with Crippen molar-refractivity contribution in [1.29, 1.82) is 0 Å². The van der Waals surface area contributed by atoms with Gasteiger partial charge in [0.15, 0.2) is 0 Å². The third-order valence-corrected chi connectivity index (χ3v) is 2.89. The maximum absolute atomic E-state index is 11.2. The fourth-order valence-corrected chi connectivity index (χ4v) is 2.10. The van der Waals surface area contributed by atoms with E-state index in [9.17, 15) is 8.42 Å². The van der Waals surface area contributed by atoms with Crippen LogP contribution in [0.2, 0.25) is 0 Å². The molecule has 0 bridgehead atoms. The first-order valence-corrected chi connectivity index (χ1v) is 5.85. The monoisotopic (exact) mass is 214 g/mol. The Morgan fingerprint density at radius 1 is 1.21 bits per heavy atom. The summed E-state index contributed by atoms with van der Waals surface area (Å²) in [5.74, 6) is 4.81. The predicted molar refractivity (Wildman–Crippen MR) is 55.9 cm³/mol. The van der Waals surface area contributed by atoms with Crippen molar-refractivity contribution in [2.75, 3.05) is 0 Å². The Bertz CT molecular complexity index is 406. The molecule has 1 rings (SSSR count). The van der Waals surface area contributed by atoms with Crippen LogP contribution in [0.15, 0.2) is 18.2 Å². The van der Waals surface area contributed by atoms with E-state index in [0.717, 1.165) is 16.7 Å². The van der Waals surface area contributed by atoms with Gasteiger partial charge in [-0.05, 0) is 19.4 Å². The van der Waals surface area contributed by atoms with Gasteiger partial charge >= 0.3 is 0 Å². The van der Waals surface area contributed by atoms with Crippen LogP contribution in [0.3, 0.4) is 0 Å². The number of nitrogens with one attached hydrogen (secondary N) is 1. The zero-order chi connectivity index (χ0) is 10.8. The van der Waals surface area contributed by atoms with Crippen LogP contribution in [0.25, 0.3) is 0 Å². The zero-order valence-electron chi connectivity index (χ0n) is 8.24. The minimum Gasteiger partial charge on any atom is -0.258 e. The van der Waals surface area contributed by atoms with Crippen LogP contribution in [-0.4, -0.2) is 8.42 Å². The summed E-state index contributed by atoms with van der Waals surface area (Å²) in [6.45, 7) is 3.86. The van der Waals surface area contributed by atoms with Gasteiger partial charge in [0, 0.05) is 0 Å². The van der Waals surface area contributed by atoms with Crippen LogP contribution in [0.1, 0.15) is 16.7 Å². The van der Waals surface area contributed by atoms with Crippen LogP contribution in [0.4, 0.5) is 0 Å². The molecule has 0 amide bonds. The summed E-state index contributed by atoms with van der Waals surface area (Å²) >= 11 is 0. The third kappa shape index (κ3) is 3.10. The number of hydrogen-bond acceptors (Lipinski definition) is 3. The molecule has 0 heterocycles. The van der Waals surface area contributed by atoms with E-state index < -0.39 is 10.0 Å². The van der Waals surface area contributed by atoms with Crippen molar-refractivity contribution in [3.8, 4) is 0 Å². The van der Waals surface area contributed by atoms with E-state index in [1.54, 1.807) is 4.83 Å². The molecule has 78 valence electrons. The van der Waals surface area contributed by atoms with Crippen molar-refractivity contribution in [2.24, 2.45) is 5.84 Å². The Labute approximate surface area is 84.1 Å². The molecule has 0 aliphatic heterocycles. The summed E-state index contributed by atoms with van der Waals surface area (Å²) in [5, 5.41) is 0. The van der Waals surface area contributed by atoms with E-state index in [1.807, 2.05) is 32.0 Å². The van der Waals surface area contributed by atoms with Crippen LogP contribution in [0.5, 0.6) is 0 Å². The first kappa shape index (κ1) is 11.2. The lowest BCUT2D eigenvalue weighted by Crippen LogP contribution is -2.31. The Morgan fingerprint density at radius 3 is 2.14 bits per heavy atom. The van der Waals surface area contributed by atoms with Crippen molar-refractivity contribution in [3.63, 3.8) is 0 Å². The first-order chi connectivity index (χ1) is 6.43. The second-order valence-electron chi connectivity index (χ2n) is 3.37. The molecule has 0 fully saturated rings. The molecule has 0 radical (unpaired) electrons. The lowest BCUT2D eigenvalue weighted by atomic mass is 10.1. The first-order valence-electron chi connectivity index (χ1n) is 4.20. The van der Waals surface area contributed by atoms with Gasteiger partial charge in [0.25, 0.3) is 0 Å². The highest BCUT2D eigenvalue weighted by Gasteiger charge is 2.09. The molecular weight excluding hydrogens is 200 g/mol. The molecule has 0 spiro atoms. The summed E-state index contributed by atoms with van der Waals surface area (Å²) in [5.41, 5.74) is 2.85. The fourth-order valence-electron chi connectivity index (χ4n) is 1.41. The highest BCUT2D eigenvalue weighted by Crippen LogP contribution is 2.11. The lowest BCUT2D eigenvalue weighted by Gasteiger charge is -2.05. The quantitative estimate of drug-likeness (QED) is 0.571. The second-order valence-corrected chi connectivity index (χ2v) is 5.13. The van der Waals surface area contributed by atoms with E-state index >= 15 is 0 Å². The average Bonchev–Trinajstić information content (AvgIpc) is 2.01. The second kappa shape index (κ2) is 4.08. The number of hydrogen-bond donors (Lipinski definition) is 2. The number of nitrogens with two attached hydrogens (primary N) is 1. The Kier molecular flexibility index (Phi) is 3.25. The van der Waals surface area contributed by atoms with Crippen molar-refractivity contribution in [1.82, 2.24) is 4.83 Å². The molecule has 0 saturated heterocycles. The van der Waals surface area contributed by atoms with Gasteiger partial charge in [-0.1, -0.05) is 29.3 Å². The Balaban J connectivity index is 2.98. The van der Waals surface area contributed by atoms with Crippen molar-refractivity contribution in [2.45, 2.75) is 19.6 Å². The number of rotatable bonds is 3. The van der Waals surface area contributed by atoms with Crippen LogP contribution in [-0.2, 0) is 15.8 Å². The largest absolute Gasteiger partial charge is 0.258 e. The maximum atomic E-state index is 11.2. The molecule has 3 N–H and O–H groups in total. The average molecular weight is 214 g/mol. The zero-order valence-corrected chi connectivity index (χ0v) is 9.06. The molecule has 5 heteroatoms. The minimum atomic E-state index is -3.38. The van der Waals surface area contributed by atoms with Gasteiger partial charge in [0.1, 0.15) is 0 Å². The molecular formula is C9H14N2O2S. The Morgan fingerprint density at radius 2 is 1.71 bits per heavy atom. The van der Waals surface area contributed by atoms with E-state index in [-0.39, 0.29) is 5.75 Å². The summed E-state index contributed by atoms with van der Waals surface area (Å²) in [4.78, 5) is 1.80. The third-order valence-electron chi connectivity index (χ3n) is 1.82. The highest BCUT2D eigenvalue weighted by atomic mass is 32.2. The van der Waals surface area contributed by atoms with Gasteiger partial charge in [-0.2, -0.15) is 4.83 Å².